The second kappa shape index (κ2) is 7.89. The number of hydrogen-bond acceptors (Lipinski definition) is 4. The smallest absolute Gasteiger partial charge is 0.129 e. The SMILES string of the molecule is Cc1ncsc1CCOCc1ccc(C#CCN)cc1F. The van der Waals surface area contributed by atoms with E-state index in [0.29, 0.717) is 17.7 Å². The van der Waals surface area contributed by atoms with E-state index in [1.807, 2.05) is 12.4 Å². The van der Waals surface area contributed by atoms with Gasteiger partial charge in [-0.05, 0) is 19.1 Å². The molecule has 5 heteroatoms. The molecule has 0 unspecified atom stereocenters. The van der Waals surface area contributed by atoms with Crippen LogP contribution in [0.5, 0.6) is 0 Å². The fraction of sp³-hybridized carbons (Fsp3) is 0.312. The van der Waals surface area contributed by atoms with Crippen LogP contribution in [0.25, 0.3) is 0 Å². The molecular formula is C16H17FN2OS. The Morgan fingerprint density at radius 1 is 1.43 bits per heavy atom. The third-order valence-electron chi connectivity index (χ3n) is 2.96. The zero-order chi connectivity index (χ0) is 15.1. The van der Waals surface area contributed by atoms with Crippen molar-refractivity contribution in [3.63, 3.8) is 0 Å². The second-order valence-electron chi connectivity index (χ2n) is 4.48. The average Bonchev–Trinajstić information content (AvgIpc) is 2.88. The minimum Gasteiger partial charge on any atom is -0.376 e. The zero-order valence-electron chi connectivity index (χ0n) is 11.9. The summed E-state index contributed by atoms with van der Waals surface area (Å²) in [6.07, 6.45) is 0.804. The molecule has 0 spiro atoms. The number of nitrogens with zero attached hydrogens (tertiary/aromatic N) is 1. The van der Waals surface area contributed by atoms with Crippen LogP contribution in [0, 0.1) is 24.6 Å². The number of hydrogen-bond donors (Lipinski definition) is 1. The number of halogens is 1. The van der Waals surface area contributed by atoms with E-state index in [0.717, 1.165) is 12.1 Å². The number of aromatic nitrogens is 1. The van der Waals surface area contributed by atoms with Crippen LogP contribution in [0.4, 0.5) is 4.39 Å². The molecule has 3 nitrogen and oxygen atoms in total. The van der Waals surface area contributed by atoms with Gasteiger partial charge in [-0.1, -0.05) is 17.9 Å². The van der Waals surface area contributed by atoms with E-state index in [-0.39, 0.29) is 19.0 Å². The van der Waals surface area contributed by atoms with Gasteiger partial charge in [0.1, 0.15) is 5.82 Å². The van der Waals surface area contributed by atoms with Gasteiger partial charge in [0.25, 0.3) is 0 Å². The van der Waals surface area contributed by atoms with Gasteiger partial charge in [0.05, 0.1) is 31.0 Å². The molecule has 2 N–H and O–H groups in total. The van der Waals surface area contributed by atoms with E-state index in [4.69, 9.17) is 10.5 Å². The Bertz CT molecular complexity index is 658. The number of ether oxygens (including phenoxy) is 1. The lowest BCUT2D eigenvalue weighted by Gasteiger charge is -2.05. The van der Waals surface area contributed by atoms with Crippen LogP contribution < -0.4 is 5.73 Å². The van der Waals surface area contributed by atoms with Crippen molar-refractivity contribution >= 4 is 11.3 Å². The van der Waals surface area contributed by atoms with Gasteiger partial charge >= 0.3 is 0 Å². The normalized spacial score (nSPS) is 10.2. The quantitative estimate of drug-likeness (QED) is 0.682. The van der Waals surface area contributed by atoms with Crippen molar-refractivity contribution in [2.24, 2.45) is 5.73 Å². The maximum Gasteiger partial charge on any atom is 0.129 e. The Hall–Kier alpha value is -1.74. The maximum absolute atomic E-state index is 13.9. The summed E-state index contributed by atoms with van der Waals surface area (Å²) in [4.78, 5) is 5.39. The molecule has 0 saturated carbocycles. The summed E-state index contributed by atoms with van der Waals surface area (Å²) < 4.78 is 19.4. The molecule has 1 aromatic heterocycles. The molecule has 0 aliphatic rings. The van der Waals surface area contributed by atoms with E-state index in [2.05, 4.69) is 16.8 Å². The Morgan fingerprint density at radius 2 is 2.29 bits per heavy atom. The topological polar surface area (TPSA) is 48.1 Å². The molecular weight excluding hydrogens is 287 g/mol. The number of nitrogens with two attached hydrogens (primary N) is 1. The van der Waals surface area contributed by atoms with Gasteiger partial charge in [-0.25, -0.2) is 9.37 Å². The molecule has 0 aliphatic heterocycles. The summed E-state index contributed by atoms with van der Waals surface area (Å²) in [6.45, 7) is 3.06. The minimum absolute atomic E-state index is 0.258. The minimum atomic E-state index is -0.298. The fourth-order valence-electron chi connectivity index (χ4n) is 1.81. The average molecular weight is 304 g/mol. The molecule has 2 rings (SSSR count). The lowest BCUT2D eigenvalue weighted by molar-refractivity contribution is 0.121. The number of aryl methyl sites for hydroxylation is 1. The van der Waals surface area contributed by atoms with Crippen LogP contribution in [0.1, 0.15) is 21.7 Å². The summed E-state index contributed by atoms with van der Waals surface area (Å²) in [6, 6.07) is 4.89. The second-order valence-corrected chi connectivity index (χ2v) is 5.41. The Kier molecular flexibility index (Phi) is 5.88. The van der Waals surface area contributed by atoms with Crippen molar-refractivity contribution in [1.29, 1.82) is 0 Å². The summed E-state index contributed by atoms with van der Waals surface area (Å²) in [5.74, 6) is 5.20. The van der Waals surface area contributed by atoms with E-state index in [1.165, 1.54) is 10.9 Å². The van der Waals surface area contributed by atoms with Crippen LogP contribution in [-0.2, 0) is 17.8 Å². The molecule has 21 heavy (non-hydrogen) atoms. The first-order chi connectivity index (χ1) is 10.2. The van der Waals surface area contributed by atoms with Crippen molar-refractivity contribution in [2.75, 3.05) is 13.2 Å². The molecule has 0 bridgehead atoms. The first-order valence-corrected chi connectivity index (χ1v) is 7.52. The van der Waals surface area contributed by atoms with Gasteiger partial charge in [0, 0.05) is 22.4 Å². The van der Waals surface area contributed by atoms with Crippen LogP contribution in [0.2, 0.25) is 0 Å². The lowest BCUT2D eigenvalue weighted by Crippen LogP contribution is -2.01. The third-order valence-corrected chi connectivity index (χ3v) is 3.96. The molecule has 0 amide bonds. The van der Waals surface area contributed by atoms with E-state index in [1.54, 1.807) is 23.5 Å². The van der Waals surface area contributed by atoms with E-state index in [9.17, 15) is 4.39 Å². The molecule has 1 aromatic carbocycles. The highest BCUT2D eigenvalue weighted by Gasteiger charge is 2.04. The first-order valence-electron chi connectivity index (χ1n) is 6.64. The summed E-state index contributed by atoms with van der Waals surface area (Å²) in [7, 11) is 0. The van der Waals surface area contributed by atoms with Gasteiger partial charge in [0.2, 0.25) is 0 Å². The van der Waals surface area contributed by atoms with Gasteiger partial charge in [-0.15, -0.1) is 11.3 Å². The van der Waals surface area contributed by atoms with E-state index < -0.39 is 0 Å². The van der Waals surface area contributed by atoms with Gasteiger partial charge in [-0.2, -0.15) is 0 Å². The Morgan fingerprint density at radius 3 is 2.95 bits per heavy atom. The summed E-state index contributed by atoms with van der Waals surface area (Å²) in [5, 5.41) is 0. The lowest BCUT2D eigenvalue weighted by atomic mass is 10.1. The molecule has 0 radical (unpaired) electrons. The van der Waals surface area contributed by atoms with Crippen molar-refractivity contribution < 1.29 is 9.13 Å². The summed E-state index contributed by atoms with van der Waals surface area (Å²) in [5.41, 5.74) is 9.31. The van der Waals surface area contributed by atoms with Crippen molar-refractivity contribution in [3.05, 3.63) is 51.2 Å². The molecule has 0 atom stereocenters. The number of rotatable bonds is 5. The molecule has 0 aliphatic carbocycles. The van der Waals surface area contributed by atoms with Crippen LogP contribution >= 0.6 is 11.3 Å². The Balaban J connectivity index is 1.84. The highest BCUT2D eigenvalue weighted by Crippen LogP contribution is 2.14. The molecule has 2 aromatic rings. The first kappa shape index (κ1) is 15.6. The monoisotopic (exact) mass is 304 g/mol. The maximum atomic E-state index is 13.9. The van der Waals surface area contributed by atoms with Crippen molar-refractivity contribution in [2.45, 2.75) is 20.0 Å². The molecule has 0 fully saturated rings. The highest BCUT2D eigenvalue weighted by atomic mass is 32.1. The molecule has 0 saturated heterocycles. The van der Waals surface area contributed by atoms with Gasteiger partial charge < -0.3 is 10.5 Å². The van der Waals surface area contributed by atoms with Gasteiger partial charge in [0.15, 0.2) is 0 Å². The number of benzene rings is 1. The van der Waals surface area contributed by atoms with E-state index >= 15 is 0 Å². The van der Waals surface area contributed by atoms with Crippen LogP contribution in [0.3, 0.4) is 0 Å². The van der Waals surface area contributed by atoms with Crippen molar-refractivity contribution in [1.82, 2.24) is 4.98 Å². The van der Waals surface area contributed by atoms with Crippen LogP contribution in [0.15, 0.2) is 23.7 Å². The largest absolute Gasteiger partial charge is 0.376 e. The zero-order valence-corrected chi connectivity index (χ0v) is 12.7. The summed E-state index contributed by atoms with van der Waals surface area (Å²) >= 11 is 1.62. The highest BCUT2D eigenvalue weighted by molar-refractivity contribution is 7.09. The predicted octanol–water partition coefficient (Wildman–Crippen LogP) is 2.66. The number of thiazole rings is 1. The van der Waals surface area contributed by atoms with Crippen LogP contribution in [-0.4, -0.2) is 18.1 Å². The molecule has 1 heterocycles. The fourth-order valence-corrected chi connectivity index (χ4v) is 2.57. The third kappa shape index (κ3) is 4.64. The van der Waals surface area contributed by atoms with Gasteiger partial charge in [-0.3, -0.25) is 0 Å². The predicted molar refractivity (Wildman–Crippen MR) is 82.5 cm³/mol. The van der Waals surface area contributed by atoms with Crippen molar-refractivity contribution in [3.8, 4) is 11.8 Å². The Labute approximate surface area is 128 Å². The molecule has 110 valence electrons. The standard InChI is InChI=1S/C16H17FN2OS/c1-12-16(21-11-19-12)6-8-20-10-14-5-4-13(3-2-7-18)9-15(14)17/h4-5,9,11H,6-8,10,18H2,1H3.